The van der Waals surface area contributed by atoms with Crippen LogP contribution in [0.5, 0.6) is 0 Å². The predicted octanol–water partition coefficient (Wildman–Crippen LogP) is 2.25. The van der Waals surface area contributed by atoms with Crippen LogP contribution < -0.4 is 5.32 Å². The molecule has 1 saturated heterocycles. The second kappa shape index (κ2) is 7.59. The highest BCUT2D eigenvalue weighted by atomic mass is 32.2. The van der Waals surface area contributed by atoms with Gasteiger partial charge in [0.1, 0.15) is 11.6 Å². The molecule has 3 aromatic rings. The number of hydrogen-bond donors (Lipinski definition) is 1. The van der Waals surface area contributed by atoms with Gasteiger partial charge in [-0.2, -0.15) is 4.98 Å². The molecule has 0 bridgehead atoms. The number of sulfone groups is 1. The van der Waals surface area contributed by atoms with Gasteiger partial charge in [-0.1, -0.05) is 0 Å². The first kappa shape index (κ1) is 21.0. The van der Waals surface area contributed by atoms with Crippen molar-refractivity contribution in [3.63, 3.8) is 0 Å². The molecule has 1 aromatic carbocycles. The number of nitrogens with zero attached hydrogens (tertiary/aromatic N) is 4. The molecule has 1 N–H and O–H groups in total. The standard InChI is InChI=1S/C21H21F2N5O3S/c1-32(30,31)14-9-27(10-14)11-16-17(22)7-13(8-18(16)23)15-3-2-6-28-19(15)24-21(26-28)25-20(29)12-4-5-12/h2-3,6-8,12,14H,4-5,9-11H2,1H3,(H,25,26,29). The van der Waals surface area contributed by atoms with E-state index >= 15 is 0 Å². The molecule has 11 heteroatoms. The van der Waals surface area contributed by atoms with E-state index in [9.17, 15) is 22.0 Å². The number of amides is 1. The Morgan fingerprint density at radius 1 is 1.22 bits per heavy atom. The lowest BCUT2D eigenvalue weighted by Gasteiger charge is -2.38. The predicted molar refractivity (Wildman–Crippen MR) is 114 cm³/mol. The van der Waals surface area contributed by atoms with E-state index in [0.717, 1.165) is 12.8 Å². The summed E-state index contributed by atoms with van der Waals surface area (Å²) < 4.78 is 54.2. The van der Waals surface area contributed by atoms with Crippen molar-refractivity contribution in [1.29, 1.82) is 0 Å². The zero-order chi connectivity index (χ0) is 22.6. The van der Waals surface area contributed by atoms with Gasteiger partial charge in [0.2, 0.25) is 11.9 Å². The number of rotatable bonds is 6. The van der Waals surface area contributed by atoms with Crippen LogP contribution in [0, 0.1) is 17.6 Å². The lowest BCUT2D eigenvalue weighted by molar-refractivity contribution is -0.117. The van der Waals surface area contributed by atoms with Crippen LogP contribution in [0.1, 0.15) is 18.4 Å². The minimum Gasteiger partial charge on any atom is -0.296 e. The summed E-state index contributed by atoms with van der Waals surface area (Å²) in [6.45, 7) is 0.512. The first-order valence-corrected chi connectivity index (χ1v) is 12.2. The number of nitrogens with one attached hydrogen (secondary N) is 1. The molecule has 2 aliphatic rings. The van der Waals surface area contributed by atoms with Crippen LogP contribution in [0.4, 0.5) is 14.7 Å². The van der Waals surface area contributed by atoms with Gasteiger partial charge < -0.3 is 0 Å². The van der Waals surface area contributed by atoms with Gasteiger partial charge in [-0.15, -0.1) is 5.10 Å². The van der Waals surface area contributed by atoms with Gasteiger partial charge in [0.15, 0.2) is 15.5 Å². The smallest absolute Gasteiger partial charge is 0.249 e. The maximum atomic E-state index is 14.8. The van der Waals surface area contributed by atoms with Gasteiger partial charge in [-0.05, 0) is 42.7 Å². The summed E-state index contributed by atoms with van der Waals surface area (Å²) in [5, 5.41) is 6.41. The first-order valence-electron chi connectivity index (χ1n) is 10.2. The quantitative estimate of drug-likeness (QED) is 0.605. The summed E-state index contributed by atoms with van der Waals surface area (Å²) in [4.78, 5) is 18.0. The Morgan fingerprint density at radius 2 is 1.91 bits per heavy atom. The molecule has 0 spiro atoms. The number of fused-ring (bicyclic) bond motifs is 1. The minimum absolute atomic E-state index is 0.00353. The summed E-state index contributed by atoms with van der Waals surface area (Å²) in [5.74, 6) is -1.42. The van der Waals surface area contributed by atoms with Crippen molar-refractivity contribution in [3.8, 4) is 11.1 Å². The van der Waals surface area contributed by atoms with E-state index in [2.05, 4.69) is 15.4 Å². The summed E-state index contributed by atoms with van der Waals surface area (Å²) in [6, 6.07) is 5.83. The molecule has 0 unspecified atom stereocenters. The zero-order valence-electron chi connectivity index (χ0n) is 17.3. The number of hydrogen-bond acceptors (Lipinski definition) is 6. The average molecular weight is 461 g/mol. The maximum absolute atomic E-state index is 14.8. The van der Waals surface area contributed by atoms with Crippen LogP contribution >= 0.6 is 0 Å². The van der Waals surface area contributed by atoms with Crippen molar-refractivity contribution in [3.05, 3.63) is 47.7 Å². The fourth-order valence-electron chi connectivity index (χ4n) is 3.80. The van der Waals surface area contributed by atoms with Crippen LogP contribution in [-0.2, 0) is 21.2 Å². The lowest BCUT2D eigenvalue weighted by atomic mass is 10.0. The fourth-order valence-corrected chi connectivity index (χ4v) is 4.76. The van der Waals surface area contributed by atoms with E-state index in [1.54, 1.807) is 23.2 Å². The van der Waals surface area contributed by atoms with E-state index < -0.39 is 26.7 Å². The van der Waals surface area contributed by atoms with Crippen molar-refractivity contribution in [2.75, 3.05) is 24.7 Å². The number of aromatic nitrogens is 3. The molecule has 1 amide bonds. The van der Waals surface area contributed by atoms with Crippen LogP contribution in [0.25, 0.3) is 16.8 Å². The fraction of sp³-hybridized carbons (Fsp3) is 0.381. The molecule has 2 aromatic heterocycles. The van der Waals surface area contributed by atoms with Crippen molar-refractivity contribution in [1.82, 2.24) is 19.5 Å². The van der Waals surface area contributed by atoms with Crippen molar-refractivity contribution >= 4 is 27.3 Å². The summed E-state index contributed by atoms with van der Waals surface area (Å²) >= 11 is 0. The van der Waals surface area contributed by atoms with Gasteiger partial charge in [0.25, 0.3) is 0 Å². The number of halogens is 2. The molecule has 32 heavy (non-hydrogen) atoms. The molecule has 0 atom stereocenters. The van der Waals surface area contributed by atoms with Gasteiger partial charge in [-0.3, -0.25) is 15.0 Å². The highest BCUT2D eigenvalue weighted by Crippen LogP contribution is 2.31. The Morgan fingerprint density at radius 3 is 2.53 bits per heavy atom. The highest BCUT2D eigenvalue weighted by molar-refractivity contribution is 7.91. The van der Waals surface area contributed by atoms with Crippen LogP contribution in [-0.4, -0.2) is 58.4 Å². The molecule has 8 nitrogen and oxygen atoms in total. The molecule has 1 saturated carbocycles. The summed E-state index contributed by atoms with van der Waals surface area (Å²) in [5.41, 5.74) is 1.02. The largest absolute Gasteiger partial charge is 0.296 e. The number of carbonyl (C=O) groups excluding carboxylic acids is 1. The Kier molecular flexibility index (Phi) is 4.97. The van der Waals surface area contributed by atoms with Crippen molar-refractivity contribution in [2.24, 2.45) is 5.92 Å². The van der Waals surface area contributed by atoms with E-state index in [0.29, 0.717) is 16.8 Å². The first-order chi connectivity index (χ1) is 15.2. The lowest BCUT2D eigenvalue weighted by Crippen LogP contribution is -2.53. The van der Waals surface area contributed by atoms with Crippen molar-refractivity contribution < 1.29 is 22.0 Å². The number of benzene rings is 1. The summed E-state index contributed by atoms with van der Waals surface area (Å²) in [7, 11) is -3.15. The molecule has 0 radical (unpaired) electrons. The number of pyridine rings is 1. The third kappa shape index (κ3) is 3.97. The van der Waals surface area contributed by atoms with Gasteiger partial charge >= 0.3 is 0 Å². The topological polar surface area (TPSA) is 96.7 Å². The maximum Gasteiger partial charge on any atom is 0.249 e. The second-order valence-corrected chi connectivity index (χ2v) is 10.8. The number of carbonyl (C=O) groups is 1. The molecule has 168 valence electrons. The van der Waals surface area contributed by atoms with Gasteiger partial charge in [-0.25, -0.2) is 21.7 Å². The normalized spacial score (nSPS) is 17.5. The molecule has 5 rings (SSSR count). The van der Waals surface area contributed by atoms with Crippen LogP contribution in [0.15, 0.2) is 30.5 Å². The van der Waals surface area contributed by atoms with E-state index in [1.165, 1.54) is 22.9 Å². The van der Waals surface area contributed by atoms with E-state index in [-0.39, 0.29) is 43.0 Å². The van der Waals surface area contributed by atoms with Crippen LogP contribution in [0.2, 0.25) is 0 Å². The SMILES string of the molecule is CS(=O)(=O)C1CN(Cc2c(F)cc(-c3cccn4nc(NC(=O)C5CC5)nc34)cc2F)C1. The Labute approximate surface area is 183 Å². The Balaban J connectivity index is 1.40. The molecule has 2 fully saturated rings. The highest BCUT2D eigenvalue weighted by Gasteiger charge is 2.35. The molecule has 1 aliphatic carbocycles. The molecule has 1 aliphatic heterocycles. The van der Waals surface area contributed by atoms with Gasteiger partial charge in [0.05, 0.1) is 5.25 Å². The minimum atomic E-state index is -3.15. The third-order valence-electron chi connectivity index (χ3n) is 5.91. The molecular formula is C21H21F2N5O3S. The van der Waals surface area contributed by atoms with Gasteiger partial charge in [0, 0.05) is 49.1 Å². The van der Waals surface area contributed by atoms with E-state index in [1.807, 2.05) is 0 Å². The Bertz CT molecular complexity index is 1310. The zero-order valence-corrected chi connectivity index (χ0v) is 18.1. The Hall–Kier alpha value is -2.92. The average Bonchev–Trinajstić information content (AvgIpc) is 3.44. The molecular weight excluding hydrogens is 440 g/mol. The number of likely N-dealkylation sites (tertiary alicyclic amines) is 1. The van der Waals surface area contributed by atoms with Crippen LogP contribution in [0.3, 0.4) is 0 Å². The molecule has 3 heterocycles. The van der Waals surface area contributed by atoms with E-state index in [4.69, 9.17) is 0 Å². The number of anilines is 1. The second-order valence-electron chi connectivity index (χ2n) is 8.45. The summed E-state index contributed by atoms with van der Waals surface area (Å²) in [6.07, 6.45) is 4.50. The van der Waals surface area contributed by atoms with Crippen molar-refractivity contribution in [2.45, 2.75) is 24.6 Å². The monoisotopic (exact) mass is 461 g/mol. The third-order valence-corrected chi connectivity index (χ3v) is 7.42.